The molecule has 1 rings (SSSR count). The number of aliphatic carboxylic acids is 1. The lowest BCUT2D eigenvalue weighted by molar-refractivity contribution is -0.384. The van der Waals surface area contributed by atoms with Gasteiger partial charge in [0, 0.05) is 19.7 Å². The molecular formula is C12H12ClF3N2O4. The van der Waals surface area contributed by atoms with E-state index >= 15 is 0 Å². The molecule has 22 heavy (non-hydrogen) atoms. The Morgan fingerprint density at radius 2 is 2.05 bits per heavy atom. The van der Waals surface area contributed by atoms with Crippen molar-refractivity contribution in [2.24, 2.45) is 5.92 Å². The summed E-state index contributed by atoms with van der Waals surface area (Å²) in [6, 6.07) is 1.16. The molecule has 0 saturated heterocycles. The Bertz CT molecular complexity index is 607. The first-order valence-electron chi connectivity index (χ1n) is 5.94. The molecule has 122 valence electrons. The van der Waals surface area contributed by atoms with Gasteiger partial charge in [-0.2, -0.15) is 13.2 Å². The fourth-order valence-corrected chi connectivity index (χ4v) is 2.07. The number of nitro benzene ring substituents is 1. The highest BCUT2D eigenvalue weighted by atomic mass is 35.5. The maximum atomic E-state index is 12.7. The van der Waals surface area contributed by atoms with Crippen LogP contribution >= 0.6 is 11.6 Å². The first kappa shape index (κ1) is 18.0. The summed E-state index contributed by atoms with van der Waals surface area (Å²) >= 11 is 5.55. The van der Waals surface area contributed by atoms with Crippen molar-refractivity contribution in [3.8, 4) is 0 Å². The van der Waals surface area contributed by atoms with Crippen molar-refractivity contribution in [3.63, 3.8) is 0 Å². The van der Waals surface area contributed by atoms with Gasteiger partial charge in [-0.15, -0.1) is 0 Å². The Labute approximate surface area is 128 Å². The third-order valence-corrected chi connectivity index (χ3v) is 3.26. The molecule has 1 aromatic rings. The standard InChI is InChI=1S/C12H12ClF3N2O4/c1-6(11(19)20)5-17(2)9-4-8(13)7(12(14,15)16)3-10(9)18(21)22/h3-4,6H,5H2,1-2H3,(H,19,20). The maximum absolute atomic E-state index is 12.7. The van der Waals surface area contributed by atoms with E-state index in [1.807, 2.05) is 0 Å². The number of hydrogen-bond donors (Lipinski definition) is 1. The summed E-state index contributed by atoms with van der Waals surface area (Å²) in [5.74, 6) is -2.00. The first-order chi connectivity index (χ1) is 9.95. The van der Waals surface area contributed by atoms with E-state index in [0.29, 0.717) is 6.07 Å². The average molecular weight is 341 g/mol. The highest BCUT2D eigenvalue weighted by Crippen LogP contribution is 2.41. The van der Waals surface area contributed by atoms with Gasteiger partial charge < -0.3 is 10.0 Å². The second-order valence-corrected chi connectivity index (χ2v) is 5.10. The Kier molecular flexibility index (Phi) is 5.23. The number of carbonyl (C=O) groups is 1. The number of hydrogen-bond acceptors (Lipinski definition) is 4. The van der Waals surface area contributed by atoms with Crippen LogP contribution in [0.2, 0.25) is 5.02 Å². The minimum atomic E-state index is -4.83. The van der Waals surface area contributed by atoms with Crippen molar-refractivity contribution in [3.05, 3.63) is 32.8 Å². The number of nitrogens with zero attached hydrogens (tertiary/aromatic N) is 2. The molecule has 1 aromatic carbocycles. The molecule has 0 aliphatic rings. The fourth-order valence-electron chi connectivity index (χ4n) is 1.81. The van der Waals surface area contributed by atoms with Crippen LogP contribution in [0.1, 0.15) is 12.5 Å². The first-order valence-corrected chi connectivity index (χ1v) is 6.32. The van der Waals surface area contributed by atoms with Crippen LogP contribution in [-0.4, -0.2) is 29.6 Å². The SMILES string of the molecule is CC(CN(C)c1cc(Cl)c(C(F)(F)F)cc1[N+](=O)[O-])C(=O)O. The summed E-state index contributed by atoms with van der Waals surface area (Å²) in [5, 5.41) is 19.1. The third-order valence-electron chi connectivity index (χ3n) is 2.95. The maximum Gasteiger partial charge on any atom is 0.418 e. The molecule has 10 heteroatoms. The molecule has 1 atom stereocenters. The number of alkyl halides is 3. The van der Waals surface area contributed by atoms with E-state index in [-0.39, 0.29) is 12.2 Å². The van der Waals surface area contributed by atoms with Gasteiger partial charge in [-0.1, -0.05) is 18.5 Å². The molecule has 0 fully saturated rings. The zero-order valence-electron chi connectivity index (χ0n) is 11.5. The lowest BCUT2D eigenvalue weighted by Crippen LogP contribution is -2.29. The number of carboxylic acid groups (broad SMARTS) is 1. The van der Waals surface area contributed by atoms with E-state index in [2.05, 4.69) is 0 Å². The van der Waals surface area contributed by atoms with Crippen molar-refractivity contribution in [1.29, 1.82) is 0 Å². The predicted octanol–water partition coefficient (Wildman–Crippen LogP) is 3.42. The molecule has 0 radical (unpaired) electrons. The molecule has 0 aromatic heterocycles. The van der Waals surface area contributed by atoms with Gasteiger partial charge in [0.1, 0.15) is 5.69 Å². The van der Waals surface area contributed by atoms with Crippen molar-refractivity contribution in [1.82, 2.24) is 0 Å². The van der Waals surface area contributed by atoms with E-state index in [9.17, 15) is 28.1 Å². The van der Waals surface area contributed by atoms with Crippen LogP contribution in [0.15, 0.2) is 12.1 Å². The molecule has 1 unspecified atom stereocenters. The summed E-state index contributed by atoms with van der Waals surface area (Å²) in [4.78, 5) is 22.0. The molecular weight excluding hydrogens is 329 g/mol. The number of rotatable bonds is 5. The number of carboxylic acids is 1. The van der Waals surface area contributed by atoms with Gasteiger partial charge in [-0.25, -0.2) is 0 Å². The zero-order valence-corrected chi connectivity index (χ0v) is 12.3. The number of halogens is 4. The highest BCUT2D eigenvalue weighted by molar-refractivity contribution is 6.31. The van der Waals surface area contributed by atoms with Crippen molar-refractivity contribution in [2.45, 2.75) is 13.1 Å². The van der Waals surface area contributed by atoms with Crippen LogP contribution in [0.5, 0.6) is 0 Å². The Balaban J connectivity index is 3.33. The van der Waals surface area contributed by atoms with Crippen LogP contribution in [0.4, 0.5) is 24.5 Å². The van der Waals surface area contributed by atoms with Gasteiger partial charge in [0.25, 0.3) is 5.69 Å². The van der Waals surface area contributed by atoms with Crippen molar-refractivity contribution in [2.75, 3.05) is 18.5 Å². The zero-order chi connectivity index (χ0) is 17.2. The van der Waals surface area contributed by atoms with Crippen molar-refractivity contribution < 1.29 is 28.0 Å². The Morgan fingerprint density at radius 3 is 2.45 bits per heavy atom. The minimum Gasteiger partial charge on any atom is -0.481 e. The largest absolute Gasteiger partial charge is 0.481 e. The molecule has 6 nitrogen and oxygen atoms in total. The summed E-state index contributed by atoms with van der Waals surface area (Å²) in [5.41, 5.74) is -2.29. The van der Waals surface area contributed by atoms with Gasteiger partial charge in [0.15, 0.2) is 0 Å². The molecule has 0 spiro atoms. The van der Waals surface area contributed by atoms with Gasteiger partial charge >= 0.3 is 12.1 Å². The van der Waals surface area contributed by atoms with Crippen LogP contribution in [0.3, 0.4) is 0 Å². The average Bonchev–Trinajstić information content (AvgIpc) is 2.36. The molecule has 0 bridgehead atoms. The lowest BCUT2D eigenvalue weighted by Gasteiger charge is -2.22. The summed E-state index contributed by atoms with van der Waals surface area (Å²) in [6.07, 6.45) is -4.83. The van der Waals surface area contributed by atoms with Crippen LogP contribution < -0.4 is 4.90 Å². The van der Waals surface area contributed by atoms with E-state index in [0.717, 1.165) is 6.07 Å². The Hall–Kier alpha value is -2.03. The smallest absolute Gasteiger partial charge is 0.418 e. The summed E-state index contributed by atoms with van der Waals surface area (Å²) in [6.45, 7) is 1.24. The summed E-state index contributed by atoms with van der Waals surface area (Å²) in [7, 11) is 1.34. The van der Waals surface area contributed by atoms with Gasteiger partial charge in [0.05, 0.1) is 21.4 Å². The van der Waals surface area contributed by atoms with E-state index < -0.39 is 39.3 Å². The monoisotopic (exact) mass is 340 g/mol. The highest BCUT2D eigenvalue weighted by Gasteiger charge is 2.36. The molecule has 0 aliphatic heterocycles. The second kappa shape index (κ2) is 6.39. The number of nitro groups is 1. The molecule has 0 amide bonds. The van der Waals surface area contributed by atoms with Crippen LogP contribution in [0.25, 0.3) is 0 Å². The van der Waals surface area contributed by atoms with E-state index in [1.54, 1.807) is 0 Å². The van der Waals surface area contributed by atoms with Crippen LogP contribution in [-0.2, 0) is 11.0 Å². The van der Waals surface area contributed by atoms with Gasteiger partial charge in [0.2, 0.25) is 0 Å². The molecule has 0 saturated carbocycles. The number of benzene rings is 1. The quantitative estimate of drug-likeness (QED) is 0.656. The molecule has 0 aliphatic carbocycles. The topological polar surface area (TPSA) is 83.7 Å². The lowest BCUT2D eigenvalue weighted by atomic mass is 10.1. The number of anilines is 1. The van der Waals surface area contributed by atoms with Gasteiger partial charge in [-0.3, -0.25) is 14.9 Å². The fraction of sp³-hybridized carbons (Fsp3) is 0.417. The normalized spacial score (nSPS) is 12.8. The minimum absolute atomic E-state index is 0.127. The third kappa shape index (κ3) is 4.00. The second-order valence-electron chi connectivity index (χ2n) is 4.70. The van der Waals surface area contributed by atoms with E-state index in [4.69, 9.17) is 16.7 Å². The van der Waals surface area contributed by atoms with Gasteiger partial charge in [-0.05, 0) is 6.07 Å². The predicted molar refractivity (Wildman–Crippen MR) is 73.2 cm³/mol. The summed E-state index contributed by atoms with van der Waals surface area (Å²) < 4.78 is 38.2. The molecule has 1 N–H and O–H groups in total. The molecule has 0 heterocycles. The van der Waals surface area contributed by atoms with Crippen molar-refractivity contribution >= 4 is 28.9 Å². The van der Waals surface area contributed by atoms with Crippen LogP contribution in [0, 0.1) is 16.0 Å². The Morgan fingerprint density at radius 1 is 1.50 bits per heavy atom. The van der Waals surface area contributed by atoms with E-state index in [1.165, 1.54) is 18.9 Å².